The highest BCUT2D eigenvalue weighted by Crippen LogP contribution is 2.27. The molecule has 0 aliphatic rings. The number of benzene rings is 1. The molecular weight excluding hydrogens is 304 g/mol. The Balaban J connectivity index is 1.94. The van der Waals surface area contributed by atoms with Crippen molar-refractivity contribution in [2.45, 2.75) is 0 Å². The Morgan fingerprint density at radius 2 is 2.12 bits per heavy atom. The molecule has 0 fully saturated rings. The molecular formula is C11H7BrN2S2. The van der Waals surface area contributed by atoms with E-state index in [1.165, 1.54) is 10.1 Å². The van der Waals surface area contributed by atoms with Gasteiger partial charge in [-0.05, 0) is 51.0 Å². The fraction of sp³-hybridized carbons (Fsp3) is 0. The first-order valence-corrected chi connectivity index (χ1v) is 7.22. The van der Waals surface area contributed by atoms with Crippen molar-refractivity contribution in [1.82, 2.24) is 4.98 Å². The summed E-state index contributed by atoms with van der Waals surface area (Å²) in [6.07, 6.45) is 0. The van der Waals surface area contributed by atoms with E-state index in [0.717, 1.165) is 15.4 Å². The summed E-state index contributed by atoms with van der Waals surface area (Å²) in [5, 5.41) is 9.53. The van der Waals surface area contributed by atoms with E-state index in [4.69, 9.17) is 0 Å². The Bertz CT molecular complexity index is 629. The highest BCUT2D eigenvalue weighted by Gasteiger charge is 2.01. The molecule has 0 aliphatic carbocycles. The molecule has 3 rings (SSSR count). The Hall–Kier alpha value is -0.910. The van der Waals surface area contributed by atoms with Gasteiger partial charge in [-0.15, -0.1) is 22.7 Å². The molecule has 0 amide bonds. The first-order chi connectivity index (χ1) is 7.81. The summed E-state index contributed by atoms with van der Waals surface area (Å²) < 4.78 is 2.18. The summed E-state index contributed by atoms with van der Waals surface area (Å²) in [5.41, 5.74) is 1.08. The van der Waals surface area contributed by atoms with Gasteiger partial charge in [0, 0.05) is 15.8 Å². The predicted molar refractivity (Wildman–Crippen MR) is 74.9 cm³/mol. The molecule has 80 valence electrons. The van der Waals surface area contributed by atoms with E-state index in [2.05, 4.69) is 55.9 Å². The van der Waals surface area contributed by atoms with Crippen LogP contribution in [0.2, 0.25) is 0 Å². The lowest BCUT2D eigenvalue weighted by atomic mass is 10.2. The molecule has 0 bridgehead atoms. The SMILES string of the molecule is Brc1csc(Nc2ccc3sccc3c2)n1. The molecule has 0 radical (unpaired) electrons. The number of hydrogen-bond donors (Lipinski definition) is 1. The number of hydrogen-bond acceptors (Lipinski definition) is 4. The summed E-state index contributed by atoms with van der Waals surface area (Å²) >= 11 is 6.68. The zero-order valence-electron chi connectivity index (χ0n) is 8.11. The zero-order valence-corrected chi connectivity index (χ0v) is 11.3. The molecule has 0 spiro atoms. The van der Waals surface area contributed by atoms with Crippen LogP contribution < -0.4 is 5.32 Å². The van der Waals surface area contributed by atoms with Crippen molar-refractivity contribution >= 4 is 59.5 Å². The van der Waals surface area contributed by atoms with Crippen LogP contribution in [0.4, 0.5) is 10.8 Å². The number of thiophene rings is 1. The van der Waals surface area contributed by atoms with Crippen molar-refractivity contribution in [3.8, 4) is 0 Å². The number of halogens is 1. The molecule has 0 saturated heterocycles. The second-order valence-corrected chi connectivity index (χ2v) is 5.89. The van der Waals surface area contributed by atoms with Gasteiger partial charge in [0.15, 0.2) is 5.13 Å². The van der Waals surface area contributed by atoms with Gasteiger partial charge in [0.25, 0.3) is 0 Å². The third kappa shape index (κ3) is 1.98. The Morgan fingerprint density at radius 1 is 1.19 bits per heavy atom. The van der Waals surface area contributed by atoms with Crippen molar-refractivity contribution in [2.75, 3.05) is 5.32 Å². The van der Waals surface area contributed by atoms with Crippen molar-refractivity contribution in [1.29, 1.82) is 0 Å². The fourth-order valence-electron chi connectivity index (χ4n) is 1.48. The van der Waals surface area contributed by atoms with E-state index >= 15 is 0 Å². The number of thiazole rings is 1. The number of rotatable bonds is 2. The van der Waals surface area contributed by atoms with E-state index in [9.17, 15) is 0 Å². The first kappa shape index (κ1) is 10.3. The van der Waals surface area contributed by atoms with Gasteiger partial charge in [-0.1, -0.05) is 0 Å². The zero-order chi connectivity index (χ0) is 11.0. The fourth-order valence-corrected chi connectivity index (χ4v) is 3.41. The first-order valence-electron chi connectivity index (χ1n) is 4.66. The monoisotopic (exact) mass is 310 g/mol. The third-order valence-electron chi connectivity index (χ3n) is 2.18. The standard InChI is InChI=1S/C11H7BrN2S2/c12-10-6-16-11(14-10)13-8-1-2-9-7(5-8)3-4-15-9/h1-6H,(H,13,14). The van der Waals surface area contributed by atoms with Gasteiger partial charge in [0.05, 0.1) is 0 Å². The largest absolute Gasteiger partial charge is 0.332 e. The minimum Gasteiger partial charge on any atom is -0.332 e. The summed E-state index contributed by atoms with van der Waals surface area (Å²) in [5.74, 6) is 0. The molecule has 0 aliphatic heterocycles. The lowest BCUT2D eigenvalue weighted by molar-refractivity contribution is 1.35. The van der Waals surface area contributed by atoms with E-state index in [1.54, 1.807) is 22.7 Å². The van der Waals surface area contributed by atoms with Crippen LogP contribution in [0.1, 0.15) is 0 Å². The Labute approximate surface area is 109 Å². The average molecular weight is 311 g/mol. The van der Waals surface area contributed by atoms with Gasteiger partial charge >= 0.3 is 0 Å². The van der Waals surface area contributed by atoms with Crippen molar-refractivity contribution < 1.29 is 0 Å². The van der Waals surface area contributed by atoms with E-state index in [1.807, 2.05) is 5.38 Å². The van der Waals surface area contributed by atoms with Crippen molar-refractivity contribution in [2.24, 2.45) is 0 Å². The van der Waals surface area contributed by atoms with Crippen LogP contribution in [-0.2, 0) is 0 Å². The summed E-state index contributed by atoms with van der Waals surface area (Å²) in [7, 11) is 0. The Kier molecular flexibility index (Phi) is 2.67. The maximum absolute atomic E-state index is 4.30. The molecule has 2 heterocycles. The molecule has 1 N–H and O–H groups in total. The quantitative estimate of drug-likeness (QED) is 0.731. The minimum atomic E-state index is 0.872. The topological polar surface area (TPSA) is 24.9 Å². The number of fused-ring (bicyclic) bond motifs is 1. The van der Waals surface area contributed by atoms with Gasteiger partial charge < -0.3 is 5.32 Å². The van der Waals surface area contributed by atoms with Gasteiger partial charge in [0.1, 0.15) is 4.60 Å². The molecule has 1 aromatic carbocycles. The average Bonchev–Trinajstić information content (AvgIpc) is 2.87. The highest BCUT2D eigenvalue weighted by atomic mass is 79.9. The third-order valence-corrected chi connectivity index (χ3v) is 4.54. The maximum Gasteiger partial charge on any atom is 0.188 e. The highest BCUT2D eigenvalue weighted by molar-refractivity contribution is 9.10. The van der Waals surface area contributed by atoms with Gasteiger partial charge in [-0.3, -0.25) is 0 Å². The van der Waals surface area contributed by atoms with Crippen LogP contribution >= 0.6 is 38.6 Å². The van der Waals surface area contributed by atoms with E-state index in [-0.39, 0.29) is 0 Å². The van der Waals surface area contributed by atoms with Crippen molar-refractivity contribution in [3.63, 3.8) is 0 Å². The smallest absolute Gasteiger partial charge is 0.188 e. The van der Waals surface area contributed by atoms with Gasteiger partial charge in [-0.25, -0.2) is 4.98 Å². The number of nitrogens with one attached hydrogen (secondary N) is 1. The maximum atomic E-state index is 4.30. The lowest BCUT2D eigenvalue weighted by Crippen LogP contribution is -1.88. The Morgan fingerprint density at radius 3 is 2.94 bits per heavy atom. The number of aromatic nitrogens is 1. The van der Waals surface area contributed by atoms with Crippen LogP contribution in [0.25, 0.3) is 10.1 Å². The van der Waals surface area contributed by atoms with E-state index in [0.29, 0.717) is 0 Å². The van der Waals surface area contributed by atoms with Gasteiger partial charge in [0.2, 0.25) is 0 Å². The molecule has 0 unspecified atom stereocenters. The lowest BCUT2D eigenvalue weighted by Gasteiger charge is -2.01. The molecule has 3 aromatic rings. The van der Waals surface area contributed by atoms with Crippen molar-refractivity contribution in [3.05, 3.63) is 39.6 Å². The number of anilines is 2. The molecule has 0 atom stereocenters. The van der Waals surface area contributed by atoms with Crippen LogP contribution in [0.3, 0.4) is 0 Å². The van der Waals surface area contributed by atoms with E-state index < -0.39 is 0 Å². The summed E-state index contributed by atoms with van der Waals surface area (Å²) in [4.78, 5) is 4.30. The van der Waals surface area contributed by atoms with Crippen LogP contribution in [0.15, 0.2) is 39.6 Å². The molecule has 5 heteroatoms. The summed E-state index contributed by atoms with van der Waals surface area (Å²) in [6.45, 7) is 0. The molecule has 0 saturated carbocycles. The minimum absolute atomic E-state index is 0.872. The molecule has 2 nitrogen and oxygen atoms in total. The van der Waals surface area contributed by atoms with Crippen LogP contribution in [-0.4, -0.2) is 4.98 Å². The predicted octanol–water partition coefficient (Wildman–Crippen LogP) is 4.86. The molecule has 2 aromatic heterocycles. The summed E-state index contributed by atoms with van der Waals surface area (Å²) in [6, 6.07) is 8.48. The normalized spacial score (nSPS) is 10.8. The number of nitrogens with zero attached hydrogens (tertiary/aromatic N) is 1. The molecule has 16 heavy (non-hydrogen) atoms. The van der Waals surface area contributed by atoms with Crippen LogP contribution in [0, 0.1) is 0 Å². The van der Waals surface area contributed by atoms with Crippen LogP contribution in [0.5, 0.6) is 0 Å². The van der Waals surface area contributed by atoms with Gasteiger partial charge in [-0.2, -0.15) is 0 Å². The second-order valence-electron chi connectivity index (χ2n) is 3.27. The second kappa shape index (κ2) is 4.16.